The van der Waals surface area contributed by atoms with Gasteiger partial charge in [0.25, 0.3) is 0 Å². The maximum atomic E-state index is 6.50. The molecule has 0 fully saturated rings. The summed E-state index contributed by atoms with van der Waals surface area (Å²) in [6.45, 7) is 0. The van der Waals surface area contributed by atoms with Crippen LogP contribution in [0, 0.1) is 0 Å². The van der Waals surface area contributed by atoms with E-state index in [9.17, 15) is 0 Å². The van der Waals surface area contributed by atoms with Gasteiger partial charge in [0.05, 0.1) is 11.0 Å². The largest absolute Gasteiger partial charge is 0.456 e. The molecule has 12 aromatic rings. The van der Waals surface area contributed by atoms with Crippen molar-refractivity contribution < 1.29 is 13.3 Å². The Morgan fingerprint density at radius 3 is 1.42 bits per heavy atom. The molecule has 0 aliphatic heterocycles. The first-order chi connectivity index (χ1) is 25.7. The molecule has 0 amide bonds. The third-order valence-corrected chi connectivity index (χ3v) is 10.8. The lowest BCUT2D eigenvalue weighted by Crippen LogP contribution is -1.93. The Labute approximate surface area is 296 Å². The molecule has 0 spiro atoms. The quantitative estimate of drug-likeness (QED) is 0.189. The van der Waals surface area contributed by atoms with E-state index in [2.05, 4.69) is 144 Å². The van der Waals surface area contributed by atoms with Crippen molar-refractivity contribution >= 4 is 87.6 Å². The molecular weight excluding hydrogens is 639 g/mol. The molecule has 0 aliphatic rings. The Morgan fingerprint density at radius 1 is 0.288 bits per heavy atom. The summed E-state index contributed by atoms with van der Waals surface area (Å²) < 4.78 is 21.4. The highest BCUT2D eigenvalue weighted by Gasteiger charge is 2.19. The molecule has 4 nitrogen and oxygen atoms in total. The topological polar surface area (TPSA) is 44.4 Å². The van der Waals surface area contributed by atoms with Crippen LogP contribution in [0.4, 0.5) is 0 Å². The van der Waals surface area contributed by atoms with Crippen LogP contribution in [0.15, 0.2) is 177 Å². The van der Waals surface area contributed by atoms with Gasteiger partial charge >= 0.3 is 0 Å². The van der Waals surface area contributed by atoms with Gasteiger partial charge < -0.3 is 17.8 Å². The summed E-state index contributed by atoms with van der Waals surface area (Å²) in [5.74, 6) is 0. The molecule has 0 N–H and O–H groups in total. The number of rotatable bonds is 3. The van der Waals surface area contributed by atoms with Crippen LogP contribution in [0.5, 0.6) is 0 Å². The summed E-state index contributed by atoms with van der Waals surface area (Å²) in [4.78, 5) is 0. The molecule has 0 radical (unpaired) electrons. The van der Waals surface area contributed by atoms with Crippen LogP contribution in [0.1, 0.15) is 0 Å². The van der Waals surface area contributed by atoms with Gasteiger partial charge in [-0.15, -0.1) is 0 Å². The number of para-hydroxylation sites is 3. The fraction of sp³-hybridized carbons (Fsp3) is 0. The Morgan fingerprint density at radius 2 is 0.750 bits per heavy atom. The lowest BCUT2D eigenvalue weighted by atomic mass is 9.96. The average Bonchev–Trinajstić information content (AvgIpc) is 3.95. The van der Waals surface area contributed by atoms with E-state index in [1.807, 2.05) is 24.3 Å². The van der Waals surface area contributed by atoms with Crippen LogP contribution in [0.3, 0.4) is 0 Å². The zero-order chi connectivity index (χ0) is 33.9. The van der Waals surface area contributed by atoms with Crippen molar-refractivity contribution in [2.45, 2.75) is 0 Å². The molecule has 4 heterocycles. The first kappa shape index (κ1) is 27.7. The second-order valence-electron chi connectivity index (χ2n) is 13.7. The molecule has 4 aromatic heterocycles. The van der Waals surface area contributed by atoms with E-state index in [1.54, 1.807) is 0 Å². The van der Waals surface area contributed by atoms with E-state index < -0.39 is 0 Å². The number of hydrogen-bond acceptors (Lipinski definition) is 3. The minimum atomic E-state index is 0.846. The van der Waals surface area contributed by atoms with Gasteiger partial charge in [-0.1, -0.05) is 84.9 Å². The van der Waals surface area contributed by atoms with E-state index in [4.69, 9.17) is 13.3 Å². The molecule has 4 heteroatoms. The fourth-order valence-corrected chi connectivity index (χ4v) is 8.43. The molecule has 0 atom stereocenters. The van der Waals surface area contributed by atoms with Gasteiger partial charge in [-0.25, -0.2) is 0 Å². The van der Waals surface area contributed by atoms with Crippen molar-refractivity contribution in [1.29, 1.82) is 0 Å². The van der Waals surface area contributed by atoms with Crippen molar-refractivity contribution in [3.63, 3.8) is 0 Å². The Bertz CT molecular complexity index is 3370. The van der Waals surface area contributed by atoms with Crippen LogP contribution < -0.4 is 0 Å². The zero-order valence-electron chi connectivity index (χ0n) is 27.8. The first-order valence-electron chi connectivity index (χ1n) is 17.6. The van der Waals surface area contributed by atoms with Gasteiger partial charge in [0.2, 0.25) is 0 Å². The van der Waals surface area contributed by atoms with Gasteiger partial charge in [-0.05, 0) is 101 Å². The smallest absolute Gasteiger partial charge is 0.136 e. The van der Waals surface area contributed by atoms with Crippen LogP contribution in [-0.4, -0.2) is 4.57 Å². The van der Waals surface area contributed by atoms with Crippen molar-refractivity contribution in [2.24, 2.45) is 0 Å². The molecule has 0 aliphatic carbocycles. The number of hydrogen-bond donors (Lipinski definition) is 0. The summed E-state index contributed by atoms with van der Waals surface area (Å²) in [6.07, 6.45) is 0. The lowest BCUT2D eigenvalue weighted by Gasteiger charge is -2.08. The number of nitrogens with zero attached hydrogens (tertiary/aromatic N) is 1. The molecule has 0 bridgehead atoms. The third-order valence-electron chi connectivity index (χ3n) is 10.8. The maximum Gasteiger partial charge on any atom is 0.136 e. The number of aromatic nitrogens is 1. The van der Waals surface area contributed by atoms with E-state index >= 15 is 0 Å². The first-order valence-corrected chi connectivity index (χ1v) is 17.6. The van der Waals surface area contributed by atoms with Crippen LogP contribution in [-0.2, 0) is 0 Å². The van der Waals surface area contributed by atoms with E-state index in [1.165, 1.54) is 21.8 Å². The van der Waals surface area contributed by atoms with Gasteiger partial charge in [0.1, 0.15) is 33.5 Å². The standard InChI is InChI=1S/C48H27NO3/c1-4-13-39-33(10-1)34-11-2-5-14-40(34)49(39)32-18-21-44-38(27-32)48-46(52-44)23-22-45-47(48)37-26-31(17-20-43(37)51-45)29-9-7-8-28(24-29)30-16-19-42-36(25-30)35-12-3-6-15-41(35)50-42/h1-27H. The minimum Gasteiger partial charge on any atom is -0.456 e. The summed E-state index contributed by atoms with van der Waals surface area (Å²) >= 11 is 0. The zero-order valence-corrected chi connectivity index (χ0v) is 27.8. The SMILES string of the molecule is c1cc(-c2ccc3oc4ccccc4c3c2)cc(-c2ccc3oc4ccc5oc6ccc(-n7c8ccccc8c8ccccc87)cc6c5c4c3c2)c1. The molecule has 0 unspecified atom stereocenters. The number of benzene rings is 8. The monoisotopic (exact) mass is 665 g/mol. The molecule has 242 valence electrons. The van der Waals surface area contributed by atoms with Crippen molar-refractivity contribution in [1.82, 2.24) is 4.57 Å². The Balaban J connectivity index is 1.04. The second-order valence-corrected chi connectivity index (χ2v) is 13.7. The van der Waals surface area contributed by atoms with Gasteiger partial charge in [-0.3, -0.25) is 0 Å². The Kier molecular flexibility index (Phi) is 5.47. The molecule has 0 saturated heterocycles. The summed E-state index contributed by atoms with van der Waals surface area (Å²) in [6, 6.07) is 57.8. The molecular formula is C48H27NO3. The van der Waals surface area contributed by atoms with Crippen LogP contribution in [0.25, 0.3) is 116 Å². The van der Waals surface area contributed by atoms with Gasteiger partial charge in [-0.2, -0.15) is 0 Å². The van der Waals surface area contributed by atoms with E-state index in [0.29, 0.717) is 0 Å². The summed E-state index contributed by atoms with van der Waals surface area (Å²) in [7, 11) is 0. The molecule has 52 heavy (non-hydrogen) atoms. The third kappa shape index (κ3) is 3.86. The molecule has 8 aromatic carbocycles. The number of fused-ring (bicyclic) bond motifs is 13. The lowest BCUT2D eigenvalue weighted by molar-refractivity contribution is 0.663. The fourth-order valence-electron chi connectivity index (χ4n) is 8.43. The highest BCUT2D eigenvalue weighted by Crippen LogP contribution is 2.43. The normalized spacial score (nSPS) is 12.2. The average molecular weight is 666 g/mol. The molecule has 0 saturated carbocycles. The highest BCUT2D eigenvalue weighted by atomic mass is 16.3. The van der Waals surface area contributed by atoms with Crippen molar-refractivity contribution in [3.8, 4) is 27.9 Å². The van der Waals surface area contributed by atoms with Crippen molar-refractivity contribution in [3.05, 3.63) is 164 Å². The summed E-state index contributed by atoms with van der Waals surface area (Å²) in [5, 5.41) is 9.02. The van der Waals surface area contributed by atoms with E-state index in [-0.39, 0.29) is 0 Å². The van der Waals surface area contributed by atoms with E-state index in [0.717, 1.165) is 93.8 Å². The summed E-state index contributed by atoms with van der Waals surface area (Å²) in [5.41, 5.74) is 13.2. The van der Waals surface area contributed by atoms with Gasteiger partial charge in [0.15, 0.2) is 0 Å². The predicted octanol–water partition coefficient (Wildman–Crippen LogP) is 13.8. The van der Waals surface area contributed by atoms with Gasteiger partial charge in [0, 0.05) is 48.8 Å². The van der Waals surface area contributed by atoms with Crippen LogP contribution >= 0.6 is 0 Å². The predicted molar refractivity (Wildman–Crippen MR) is 213 cm³/mol. The van der Waals surface area contributed by atoms with Crippen LogP contribution in [0.2, 0.25) is 0 Å². The maximum absolute atomic E-state index is 6.50. The highest BCUT2D eigenvalue weighted by molar-refractivity contribution is 6.26. The van der Waals surface area contributed by atoms with Crippen molar-refractivity contribution in [2.75, 3.05) is 0 Å². The second kappa shape index (κ2) is 10.3. The molecule has 12 rings (SSSR count). The Hall–Kier alpha value is -7.04. The number of furan rings is 3. The minimum absolute atomic E-state index is 0.846.